The standard InChI is InChI=1S/C20H25NO3S/c1-16-6-4-5-7-19(16)24-14-13-21(2)20(22)12-15-25-18-10-8-17(23-3)9-11-18/h4-11H,12-15H2,1-3H3. The molecule has 0 N–H and O–H groups in total. The Hall–Kier alpha value is -2.14. The van der Waals surface area contributed by atoms with Gasteiger partial charge in [0.05, 0.1) is 13.7 Å². The Bertz CT molecular complexity index is 673. The van der Waals surface area contributed by atoms with E-state index in [1.54, 1.807) is 23.8 Å². The third-order valence-corrected chi connectivity index (χ3v) is 4.86. The summed E-state index contributed by atoms with van der Waals surface area (Å²) in [5.41, 5.74) is 1.10. The zero-order valence-electron chi connectivity index (χ0n) is 15.0. The number of rotatable bonds is 9. The van der Waals surface area contributed by atoms with Gasteiger partial charge in [0.15, 0.2) is 0 Å². The molecule has 134 valence electrons. The van der Waals surface area contributed by atoms with Crippen molar-refractivity contribution >= 4 is 17.7 Å². The molecule has 2 aromatic rings. The van der Waals surface area contributed by atoms with Gasteiger partial charge in [-0.25, -0.2) is 0 Å². The van der Waals surface area contributed by atoms with Gasteiger partial charge in [0.25, 0.3) is 0 Å². The van der Waals surface area contributed by atoms with Crippen LogP contribution in [0.2, 0.25) is 0 Å². The van der Waals surface area contributed by atoms with Crippen molar-refractivity contribution in [3.8, 4) is 11.5 Å². The number of amides is 1. The van der Waals surface area contributed by atoms with Crippen LogP contribution in [0.4, 0.5) is 0 Å². The molecule has 0 bridgehead atoms. The number of methoxy groups -OCH3 is 1. The summed E-state index contributed by atoms with van der Waals surface area (Å²) in [5.74, 6) is 2.61. The molecule has 0 unspecified atom stereocenters. The number of aryl methyl sites for hydroxylation is 1. The lowest BCUT2D eigenvalue weighted by molar-refractivity contribution is -0.129. The van der Waals surface area contributed by atoms with Crippen LogP contribution in [-0.2, 0) is 4.79 Å². The first kappa shape index (κ1) is 19.2. The van der Waals surface area contributed by atoms with E-state index in [0.717, 1.165) is 27.7 Å². The maximum absolute atomic E-state index is 12.2. The number of para-hydroxylation sites is 1. The lowest BCUT2D eigenvalue weighted by Gasteiger charge is -2.18. The molecule has 1 amide bonds. The van der Waals surface area contributed by atoms with Crippen molar-refractivity contribution in [3.63, 3.8) is 0 Å². The monoisotopic (exact) mass is 359 g/mol. The summed E-state index contributed by atoms with van der Waals surface area (Å²) in [6.07, 6.45) is 0.511. The molecule has 0 aliphatic heterocycles. The Morgan fingerprint density at radius 2 is 1.84 bits per heavy atom. The predicted octanol–water partition coefficient (Wildman–Crippen LogP) is 4.02. The first-order valence-electron chi connectivity index (χ1n) is 8.29. The highest BCUT2D eigenvalue weighted by atomic mass is 32.2. The Balaban J connectivity index is 1.66. The SMILES string of the molecule is COc1ccc(SCCC(=O)N(C)CCOc2ccccc2C)cc1. The van der Waals surface area contributed by atoms with Gasteiger partial charge in [0.1, 0.15) is 18.1 Å². The first-order valence-corrected chi connectivity index (χ1v) is 9.28. The number of benzene rings is 2. The average molecular weight is 359 g/mol. The molecule has 0 aliphatic carbocycles. The Labute approximate surface area is 154 Å². The minimum Gasteiger partial charge on any atom is -0.497 e. The molecular formula is C20H25NO3S. The Kier molecular flexibility index (Phi) is 7.67. The third kappa shape index (κ3) is 6.35. The van der Waals surface area contributed by atoms with Crippen molar-refractivity contribution in [1.82, 2.24) is 4.90 Å². The molecule has 0 atom stereocenters. The number of hydrogen-bond donors (Lipinski definition) is 0. The molecular weight excluding hydrogens is 334 g/mol. The number of likely N-dealkylation sites (N-methyl/N-ethyl adjacent to an activating group) is 1. The highest BCUT2D eigenvalue weighted by Crippen LogP contribution is 2.22. The molecule has 0 saturated heterocycles. The zero-order chi connectivity index (χ0) is 18.1. The summed E-state index contributed by atoms with van der Waals surface area (Å²) in [7, 11) is 3.47. The quantitative estimate of drug-likeness (QED) is 0.634. The van der Waals surface area contributed by atoms with E-state index in [0.29, 0.717) is 19.6 Å². The van der Waals surface area contributed by atoms with Crippen LogP contribution >= 0.6 is 11.8 Å². The van der Waals surface area contributed by atoms with Crippen LogP contribution < -0.4 is 9.47 Å². The van der Waals surface area contributed by atoms with Gasteiger partial charge in [0, 0.05) is 24.1 Å². The van der Waals surface area contributed by atoms with Crippen LogP contribution in [0.1, 0.15) is 12.0 Å². The van der Waals surface area contributed by atoms with Gasteiger partial charge in [-0.05, 0) is 42.8 Å². The molecule has 0 spiro atoms. The lowest BCUT2D eigenvalue weighted by atomic mass is 10.2. The predicted molar refractivity (Wildman–Crippen MR) is 103 cm³/mol. The van der Waals surface area contributed by atoms with Gasteiger partial charge >= 0.3 is 0 Å². The van der Waals surface area contributed by atoms with Crippen LogP contribution in [0, 0.1) is 6.92 Å². The minimum absolute atomic E-state index is 0.134. The molecule has 25 heavy (non-hydrogen) atoms. The number of ether oxygens (including phenoxy) is 2. The fraction of sp³-hybridized carbons (Fsp3) is 0.350. The van der Waals surface area contributed by atoms with E-state index in [2.05, 4.69) is 0 Å². The summed E-state index contributed by atoms with van der Waals surface area (Å²) < 4.78 is 10.9. The molecule has 4 nitrogen and oxygen atoms in total. The molecule has 0 radical (unpaired) electrons. The summed E-state index contributed by atoms with van der Waals surface area (Å²) in [6, 6.07) is 15.8. The van der Waals surface area contributed by atoms with Gasteiger partial charge in [-0.1, -0.05) is 18.2 Å². The highest BCUT2D eigenvalue weighted by molar-refractivity contribution is 7.99. The highest BCUT2D eigenvalue weighted by Gasteiger charge is 2.09. The molecule has 0 saturated carbocycles. The topological polar surface area (TPSA) is 38.8 Å². The van der Waals surface area contributed by atoms with E-state index in [-0.39, 0.29) is 5.91 Å². The smallest absolute Gasteiger partial charge is 0.223 e. The van der Waals surface area contributed by atoms with E-state index < -0.39 is 0 Å². The second-order valence-electron chi connectivity index (χ2n) is 5.70. The molecule has 0 fully saturated rings. The van der Waals surface area contributed by atoms with E-state index in [9.17, 15) is 4.79 Å². The van der Waals surface area contributed by atoms with Crippen molar-refractivity contribution in [1.29, 1.82) is 0 Å². The van der Waals surface area contributed by atoms with Crippen LogP contribution in [0.25, 0.3) is 0 Å². The fourth-order valence-electron chi connectivity index (χ4n) is 2.25. The van der Waals surface area contributed by atoms with Crippen LogP contribution in [0.5, 0.6) is 11.5 Å². The third-order valence-electron chi connectivity index (χ3n) is 3.85. The Morgan fingerprint density at radius 3 is 2.52 bits per heavy atom. The van der Waals surface area contributed by atoms with Gasteiger partial charge in [0.2, 0.25) is 5.91 Å². The number of nitrogens with zero attached hydrogens (tertiary/aromatic N) is 1. The average Bonchev–Trinajstić information content (AvgIpc) is 2.63. The first-order chi connectivity index (χ1) is 12.1. The van der Waals surface area contributed by atoms with Crippen molar-refractivity contribution < 1.29 is 14.3 Å². The Morgan fingerprint density at radius 1 is 1.12 bits per heavy atom. The van der Waals surface area contributed by atoms with Crippen LogP contribution in [0.3, 0.4) is 0 Å². The fourth-order valence-corrected chi connectivity index (χ4v) is 3.10. The van der Waals surface area contributed by atoms with Crippen LogP contribution in [-0.4, -0.2) is 43.9 Å². The maximum Gasteiger partial charge on any atom is 0.223 e. The molecule has 0 aromatic heterocycles. The van der Waals surface area contributed by atoms with Crippen molar-refractivity contribution in [3.05, 3.63) is 54.1 Å². The molecule has 0 aliphatic rings. The van der Waals surface area contributed by atoms with E-state index in [4.69, 9.17) is 9.47 Å². The van der Waals surface area contributed by atoms with E-state index in [1.165, 1.54) is 0 Å². The van der Waals surface area contributed by atoms with Gasteiger partial charge in [-0.15, -0.1) is 11.8 Å². The minimum atomic E-state index is 0.134. The van der Waals surface area contributed by atoms with Gasteiger partial charge in [-0.2, -0.15) is 0 Å². The molecule has 5 heteroatoms. The number of carbonyl (C=O) groups is 1. The molecule has 2 rings (SSSR count). The van der Waals surface area contributed by atoms with Gasteiger partial charge in [-0.3, -0.25) is 4.79 Å². The number of thioether (sulfide) groups is 1. The summed E-state index contributed by atoms with van der Waals surface area (Å²) >= 11 is 1.67. The lowest BCUT2D eigenvalue weighted by Crippen LogP contribution is -2.31. The number of carbonyl (C=O) groups excluding carboxylic acids is 1. The molecule has 0 heterocycles. The second-order valence-corrected chi connectivity index (χ2v) is 6.87. The normalized spacial score (nSPS) is 10.4. The van der Waals surface area contributed by atoms with E-state index in [1.807, 2.05) is 62.5 Å². The summed E-state index contributed by atoms with van der Waals surface area (Å²) in [4.78, 5) is 15.0. The summed E-state index contributed by atoms with van der Waals surface area (Å²) in [5, 5.41) is 0. The second kappa shape index (κ2) is 9.99. The van der Waals surface area contributed by atoms with Crippen LogP contribution in [0.15, 0.2) is 53.4 Å². The van der Waals surface area contributed by atoms with E-state index >= 15 is 0 Å². The maximum atomic E-state index is 12.2. The number of hydrogen-bond acceptors (Lipinski definition) is 4. The molecule has 2 aromatic carbocycles. The summed E-state index contributed by atoms with van der Waals surface area (Å²) in [6.45, 7) is 3.10. The zero-order valence-corrected chi connectivity index (χ0v) is 15.8. The van der Waals surface area contributed by atoms with Crippen molar-refractivity contribution in [2.45, 2.75) is 18.2 Å². The van der Waals surface area contributed by atoms with Crippen molar-refractivity contribution in [2.24, 2.45) is 0 Å². The van der Waals surface area contributed by atoms with Gasteiger partial charge < -0.3 is 14.4 Å². The van der Waals surface area contributed by atoms with Crippen molar-refractivity contribution in [2.75, 3.05) is 33.1 Å². The largest absolute Gasteiger partial charge is 0.497 e.